The summed E-state index contributed by atoms with van der Waals surface area (Å²) in [6.45, 7) is 1.91. The lowest BCUT2D eigenvalue weighted by molar-refractivity contribution is -0.119. The number of thioether (sulfide) groups is 1. The van der Waals surface area contributed by atoms with Crippen molar-refractivity contribution in [1.82, 2.24) is 0 Å². The minimum Gasteiger partial charge on any atom is -0.369 e. The van der Waals surface area contributed by atoms with Crippen molar-refractivity contribution in [3.8, 4) is 0 Å². The molecule has 3 N–H and O–H groups in total. The summed E-state index contributed by atoms with van der Waals surface area (Å²) in [7, 11) is 0. The molecule has 2 aromatic rings. The largest absolute Gasteiger partial charge is 0.369 e. The van der Waals surface area contributed by atoms with Gasteiger partial charge in [-0.1, -0.05) is 29.8 Å². The van der Waals surface area contributed by atoms with Crippen molar-refractivity contribution in [3.05, 3.63) is 53.6 Å². The Bertz CT molecular complexity index is 979. The Balaban J connectivity index is 1.49. The topological polar surface area (TPSA) is 91.0 Å². The number of nitrogens with zero attached hydrogens (tertiary/aromatic N) is 3. The second-order valence-electron chi connectivity index (χ2n) is 7.07. The van der Waals surface area contributed by atoms with Gasteiger partial charge in [-0.05, 0) is 30.3 Å². The van der Waals surface area contributed by atoms with Crippen LogP contribution in [-0.4, -0.2) is 48.2 Å². The molecular weight excluding hydrogens is 422 g/mol. The molecule has 2 aromatic carbocycles. The molecule has 7 nitrogen and oxygen atoms in total. The van der Waals surface area contributed by atoms with Gasteiger partial charge >= 0.3 is 0 Å². The lowest BCUT2D eigenvalue weighted by Gasteiger charge is -2.29. The third kappa shape index (κ3) is 4.39. The molecule has 9 heteroatoms. The Morgan fingerprint density at radius 3 is 2.53 bits per heavy atom. The quantitative estimate of drug-likeness (QED) is 0.741. The van der Waals surface area contributed by atoms with Gasteiger partial charge < -0.3 is 16.0 Å². The first-order chi connectivity index (χ1) is 14.5. The molecule has 0 bridgehead atoms. The van der Waals surface area contributed by atoms with Gasteiger partial charge in [-0.2, -0.15) is 16.9 Å². The predicted octanol–water partition coefficient (Wildman–Crippen LogP) is 2.95. The van der Waals surface area contributed by atoms with Crippen LogP contribution in [0.4, 0.5) is 17.1 Å². The van der Waals surface area contributed by atoms with E-state index in [1.165, 1.54) is 5.01 Å². The molecule has 2 aliphatic rings. The van der Waals surface area contributed by atoms with Crippen LogP contribution in [0.1, 0.15) is 6.42 Å². The molecule has 1 unspecified atom stereocenters. The van der Waals surface area contributed by atoms with Crippen molar-refractivity contribution in [1.29, 1.82) is 0 Å². The standard InChI is InChI=1S/C21H22ClN5O2S/c22-16-12-14(6-7-18(16)26-8-10-30-11-9-26)24-21(29)17-13-19(20(23)28)27(25-17)15-4-2-1-3-5-15/h1-7,12,19H,8-11,13H2,(H2,23,28)(H,24,29). The van der Waals surface area contributed by atoms with Gasteiger partial charge in [0.2, 0.25) is 5.91 Å². The van der Waals surface area contributed by atoms with Crippen molar-refractivity contribution in [2.75, 3.05) is 39.8 Å². The van der Waals surface area contributed by atoms with Crippen LogP contribution in [0.5, 0.6) is 0 Å². The number of nitrogens with two attached hydrogens (primary N) is 1. The summed E-state index contributed by atoms with van der Waals surface area (Å²) in [6, 6.07) is 14.0. The lowest BCUT2D eigenvalue weighted by atomic mass is 10.1. The number of carbonyl (C=O) groups is 2. The number of hydrogen-bond donors (Lipinski definition) is 2. The lowest BCUT2D eigenvalue weighted by Crippen LogP contribution is -2.39. The summed E-state index contributed by atoms with van der Waals surface area (Å²) in [6.07, 6.45) is 0.146. The maximum absolute atomic E-state index is 12.8. The van der Waals surface area contributed by atoms with Gasteiger partial charge in [0.1, 0.15) is 11.8 Å². The fourth-order valence-electron chi connectivity index (χ4n) is 3.54. The predicted molar refractivity (Wildman–Crippen MR) is 124 cm³/mol. The smallest absolute Gasteiger partial charge is 0.271 e. The van der Waals surface area contributed by atoms with E-state index in [0.29, 0.717) is 16.4 Å². The van der Waals surface area contributed by atoms with E-state index in [1.807, 2.05) is 54.2 Å². The number of hydrogen-bond acceptors (Lipinski definition) is 6. The van der Waals surface area contributed by atoms with Gasteiger partial charge in [-0.15, -0.1) is 0 Å². The Morgan fingerprint density at radius 2 is 1.87 bits per heavy atom. The summed E-state index contributed by atoms with van der Waals surface area (Å²) in [5, 5.41) is 9.29. The van der Waals surface area contributed by atoms with Gasteiger partial charge in [0.25, 0.3) is 5.91 Å². The summed E-state index contributed by atoms with van der Waals surface area (Å²) in [4.78, 5) is 26.9. The van der Waals surface area contributed by atoms with E-state index in [9.17, 15) is 9.59 Å². The van der Waals surface area contributed by atoms with Crippen molar-refractivity contribution < 1.29 is 9.59 Å². The van der Waals surface area contributed by atoms with E-state index < -0.39 is 11.9 Å². The van der Waals surface area contributed by atoms with Crippen molar-refractivity contribution >= 4 is 58.0 Å². The molecule has 1 saturated heterocycles. The van der Waals surface area contributed by atoms with Crippen LogP contribution in [0, 0.1) is 0 Å². The second-order valence-corrected chi connectivity index (χ2v) is 8.70. The van der Waals surface area contributed by atoms with Crippen molar-refractivity contribution in [2.24, 2.45) is 10.8 Å². The zero-order valence-electron chi connectivity index (χ0n) is 16.3. The fourth-order valence-corrected chi connectivity index (χ4v) is 4.74. The van der Waals surface area contributed by atoms with Gasteiger partial charge in [0, 0.05) is 36.7 Å². The van der Waals surface area contributed by atoms with Gasteiger partial charge in [-0.25, -0.2) is 0 Å². The van der Waals surface area contributed by atoms with E-state index >= 15 is 0 Å². The van der Waals surface area contributed by atoms with Crippen LogP contribution in [-0.2, 0) is 9.59 Å². The number of benzene rings is 2. The number of nitrogens with one attached hydrogen (secondary N) is 1. The molecule has 2 heterocycles. The maximum atomic E-state index is 12.8. The monoisotopic (exact) mass is 443 g/mol. The molecule has 0 radical (unpaired) electrons. The Morgan fingerprint density at radius 1 is 1.13 bits per heavy atom. The van der Waals surface area contributed by atoms with E-state index in [-0.39, 0.29) is 18.0 Å². The Hall–Kier alpha value is -2.71. The van der Waals surface area contributed by atoms with Crippen LogP contribution in [0.25, 0.3) is 0 Å². The number of para-hydroxylation sites is 1. The zero-order chi connectivity index (χ0) is 21.1. The fraction of sp³-hybridized carbons (Fsp3) is 0.286. The SMILES string of the molecule is NC(=O)C1CC(C(=O)Nc2ccc(N3CCSCC3)c(Cl)c2)=NN1c1ccccc1. The summed E-state index contributed by atoms with van der Waals surface area (Å²) in [5.74, 6) is 1.25. The van der Waals surface area contributed by atoms with Gasteiger partial charge in [-0.3, -0.25) is 14.6 Å². The highest BCUT2D eigenvalue weighted by molar-refractivity contribution is 7.99. The average molecular weight is 444 g/mol. The van der Waals surface area contributed by atoms with Crippen LogP contribution in [0.3, 0.4) is 0 Å². The Labute approximate surface area is 184 Å². The Kier molecular flexibility index (Phi) is 6.15. The molecule has 2 amide bonds. The third-order valence-corrected chi connectivity index (χ3v) is 6.32. The minimum absolute atomic E-state index is 0.146. The molecule has 1 atom stereocenters. The molecule has 0 aromatic heterocycles. The third-order valence-electron chi connectivity index (χ3n) is 5.08. The van der Waals surface area contributed by atoms with Crippen LogP contribution < -0.4 is 21.0 Å². The first kappa shape index (κ1) is 20.6. The zero-order valence-corrected chi connectivity index (χ0v) is 17.8. The molecule has 0 spiro atoms. The number of carbonyl (C=O) groups excluding carboxylic acids is 2. The minimum atomic E-state index is -0.698. The van der Waals surface area contributed by atoms with Crippen LogP contribution in [0.2, 0.25) is 5.02 Å². The number of hydrazone groups is 1. The summed E-state index contributed by atoms with van der Waals surface area (Å²) < 4.78 is 0. The average Bonchev–Trinajstić information content (AvgIpc) is 3.21. The number of rotatable bonds is 5. The van der Waals surface area contributed by atoms with E-state index in [1.54, 1.807) is 6.07 Å². The summed E-state index contributed by atoms with van der Waals surface area (Å²) >= 11 is 8.41. The van der Waals surface area contributed by atoms with Crippen LogP contribution in [0.15, 0.2) is 53.6 Å². The van der Waals surface area contributed by atoms with Gasteiger partial charge in [0.05, 0.1) is 16.4 Å². The van der Waals surface area contributed by atoms with Crippen molar-refractivity contribution in [2.45, 2.75) is 12.5 Å². The molecule has 30 heavy (non-hydrogen) atoms. The van der Waals surface area contributed by atoms with Gasteiger partial charge in [0.15, 0.2) is 0 Å². The van der Waals surface area contributed by atoms with Crippen LogP contribution >= 0.6 is 23.4 Å². The molecule has 4 rings (SSSR count). The molecular formula is C21H22ClN5O2S. The number of halogens is 1. The highest BCUT2D eigenvalue weighted by atomic mass is 35.5. The molecule has 2 aliphatic heterocycles. The summed E-state index contributed by atoms with van der Waals surface area (Å²) in [5.41, 5.74) is 8.04. The first-order valence-electron chi connectivity index (χ1n) is 9.67. The molecule has 0 aliphatic carbocycles. The van der Waals surface area contributed by atoms with E-state index in [4.69, 9.17) is 17.3 Å². The number of primary amides is 1. The maximum Gasteiger partial charge on any atom is 0.271 e. The number of amides is 2. The van der Waals surface area contributed by atoms with Crippen molar-refractivity contribution in [3.63, 3.8) is 0 Å². The molecule has 156 valence electrons. The van der Waals surface area contributed by atoms with E-state index in [0.717, 1.165) is 30.3 Å². The highest BCUT2D eigenvalue weighted by Crippen LogP contribution is 2.31. The second kappa shape index (κ2) is 8.97. The first-order valence-corrected chi connectivity index (χ1v) is 11.2. The number of anilines is 3. The normalized spacial score (nSPS) is 18.8. The molecule has 0 saturated carbocycles. The molecule has 1 fully saturated rings. The highest BCUT2D eigenvalue weighted by Gasteiger charge is 2.35. The van der Waals surface area contributed by atoms with E-state index in [2.05, 4.69) is 15.3 Å².